The van der Waals surface area contributed by atoms with Crippen molar-refractivity contribution in [2.24, 2.45) is 0 Å². The zero-order valence-electron chi connectivity index (χ0n) is 18.0. The number of amides is 1. The molecule has 4 aromatic rings. The Morgan fingerprint density at radius 1 is 1.18 bits per heavy atom. The summed E-state index contributed by atoms with van der Waals surface area (Å²) in [6.45, 7) is 6.43. The van der Waals surface area contributed by atoms with Crippen LogP contribution in [-0.4, -0.2) is 31.4 Å². The minimum atomic E-state index is -0.141. The molecule has 0 unspecified atom stereocenters. The number of carbonyl (C=O) groups is 1. The molecule has 0 saturated heterocycles. The van der Waals surface area contributed by atoms with Crippen LogP contribution in [0.3, 0.4) is 0 Å². The zero-order valence-corrected chi connectivity index (χ0v) is 20.4. The number of nitrogens with one attached hydrogen (secondary N) is 1. The molecular weight excluding hydrogens is 474 g/mol. The van der Waals surface area contributed by atoms with Crippen molar-refractivity contribution in [3.8, 4) is 11.4 Å². The number of benzene rings is 2. The standard InChI is InChI=1S/C24H22ClN5OS2/c1-3-12-30-22(18-8-4-16(2)5-9-18)28-29-24(30)32-15-21(31)27-23-26-14-20(33-23)13-17-6-10-19(25)11-7-17/h3-11,14H,1,12-13,15H2,2H3,(H,26,27,31). The maximum atomic E-state index is 12.5. The van der Waals surface area contributed by atoms with E-state index in [-0.39, 0.29) is 11.7 Å². The van der Waals surface area contributed by atoms with Gasteiger partial charge in [-0.3, -0.25) is 9.36 Å². The molecule has 2 aromatic carbocycles. The van der Waals surface area contributed by atoms with Gasteiger partial charge in [0.05, 0.1) is 5.75 Å². The molecule has 0 fully saturated rings. The number of nitrogens with zero attached hydrogens (tertiary/aromatic N) is 4. The van der Waals surface area contributed by atoms with E-state index in [4.69, 9.17) is 11.6 Å². The molecule has 0 aliphatic heterocycles. The van der Waals surface area contributed by atoms with E-state index in [0.29, 0.717) is 21.9 Å². The van der Waals surface area contributed by atoms with Crippen molar-refractivity contribution in [1.29, 1.82) is 0 Å². The molecule has 0 spiro atoms. The Morgan fingerprint density at radius 2 is 1.94 bits per heavy atom. The number of aryl methyl sites for hydroxylation is 1. The highest BCUT2D eigenvalue weighted by Gasteiger charge is 2.15. The maximum absolute atomic E-state index is 12.5. The van der Waals surface area contributed by atoms with Crippen LogP contribution in [0.2, 0.25) is 5.02 Å². The third kappa shape index (κ3) is 6.10. The van der Waals surface area contributed by atoms with Crippen molar-refractivity contribution < 1.29 is 4.79 Å². The van der Waals surface area contributed by atoms with Crippen molar-refractivity contribution in [3.63, 3.8) is 0 Å². The first kappa shape index (κ1) is 23.2. The van der Waals surface area contributed by atoms with Crippen LogP contribution in [0.5, 0.6) is 0 Å². The number of allylic oxidation sites excluding steroid dienone is 1. The molecule has 33 heavy (non-hydrogen) atoms. The topological polar surface area (TPSA) is 72.7 Å². The Bertz CT molecular complexity index is 1250. The highest BCUT2D eigenvalue weighted by molar-refractivity contribution is 7.99. The molecule has 9 heteroatoms. The van der Waals surface area contributed by atoms with Crippen LogP contribution < -0.4 is 5.32 Å². The van der Waals surface area contributed by atoms with Crippen LogP contribution in [0.4, 0.5) is 5.13 Å². The molecule has 0 aliphatic carbocycles. The summed E-state index contributed by atoms with van der Waals surface area (Å²) in [4.78, 5) is 17.9. The van der Waals surface area contributed by atoms with E-state index >= 15 is 0 Å². The van der Waals surface area contributed by atoms with E-state index in [1.807, 2.05) is 60.0 Å². The van der Waals surface area contributed by atoms with Gasteiger partial charge in [0.2, 0.25) is 5.91 Å². The Kier molecular flexibility index (Phi) is 7.59. The lowest BCUT2D eigenvalue weighted by atomic mass is 10.1. The highest BCUT2D eigenvalue weighted by Crippen LogP contribution is 2.26. The van der Waals surface area contributed by atoms with Gasteiger partial charge in [-0.05, 0) is 24.6 Å². The van der Waals surface area contributed by atoms with Crippen LogP contribution in [0.25, 0.3) is 11.4 Å². The average molecular weight is 496 g/mol. The van der Waals surface area contributed by atoms with Gasteiger partial charge in [-0.1, -0.05) is 71.4 Å². The van der Waals surface area contributed by atoms with Gasteiger partial charge in [0.15, 0.2) is 16.1 Å². The monoisotopic (exact) mass is 495 g/mol. The smallest absolute Gasteiger partial charge is 0.236 e. The lowest BCUT2D eigenvalue weighted by molar-refractivity contribution is -0.113. The van der Waals surface area contributed by atoms with Gasteiger partial charge >= 0.3 is 0 Å². The van der Waals surface area contributed by atoms with Crippen molar-refractivity contribution in [2.45, 2.75) is 25.0 Å². The predicted molar refractivity (Wildman–Crippen MR) is 136 cm³/mol. The van der Waals surface area contributed by atoms with Gasteiger partial charge in [0.25, 0.3) is 0 Å². The third-order valence-corrected chi connectivity index (χ3v) is 6.89. The summed E-state index contributed by atoms with van der Waals surface area (Å²) in [6, 6.07) is 15.8. The molecule has 1 N–H and O–H groups in total. The van der Waals surface area contributed by atoms with E-state index in [9.17, 15) is 4.79 Å². The van der Waals surface area contributed by atoms with Crippen molar-refractivity contribution in [3.05, 3.63) is 88.4 Å². The first-order chi connectivity index (χ1) is 16.0. The number of thioether (sulfide) groups is 1. The van der Waals surface area contributed by atoms with E-state index in [0.717, 1.165) is 28.2 Å². The largest absolute Gasteiger partial charge is 0.301 e. The Hall–Kier alpha value is -2.94. The summed E-state index contributed by atoms with van der Waals surface area (Å²) < 4.78 is 1.96. The first-order valence-electron chi connectivity index (χ1n) is 10.2. The lowest BCUT2D eigenvalue weighted by Gasteiger charge is -2.08. The maximum Gasteiger partial charge on any atom is 0.236 e. The SMILES string of the molecule is C=CCn1c(SCC(=O)Nc2ncc(Cc3ccc(Cl)cc3)s2)nnc1-c1ccc(C)cc1. The molecule has 168 valence electrons. The highest BCUT2D eigenvalue weighted by atomic mass is 35.5. The molecule has 0 aliphatic rings. The molecule has 4 rings (SSSR count). The van der Waals surface area contributed by atoms with Crippen LogP contribution in [0.1, 0.15) is 16.0 Å². The quantitative estimate of drug-likeness (QED) is 0.232. The van der Waals surface area contributed by atoms with Gasteiger partial charge in [0, 0.05) is 34.6 Å². The second-order valence-corrected chi connectivity index (χ2v) is 9.84. The summed E-state index contributed by atoms with van der Waals surface area (Å²) in [6.07, 6.45) is 4.32. The molecule has 2 heterocycles. The molecule has 2 aromatic heterocycles. The van der Waals surface area contributed by atoms with Gasteiger partial charge in [-0.15, -0.1) is 28.1 Å². The Balaban J connectivity index is 1.37. The summed E-state index contributed by atoms with van der Waals surface area (Å²) >= 11 is 8.74. The number of thiazole rings is 1. The molecule has 0 atom stereocenters. The van der Waals surface area contributed by atoms with Gasteiger partial charge in [-0.2, -0.15) is 0 Å². The number of aromatic nitrogens is 4. The van der Waals surface area contributed by atoms with Crippen LogP contribution in [0, 0.1) is 6.92 Å². The first-order valence-corrected chi connectivity index (χ1v) is 12.4. The van der Waals surface area contributed by atoms with Crippen molar-refractivity contribution in [1.82, 2.24) is 19.7 Å². The number of rotatable bonds is 9. The summed E-state index contributed by atoms with van der Waals surface area (Å²) in [5, 5.41) is 13.5. The van der Waals surface area contributed by atoms with Gasteiger partial charge in [0.1, 0.15) is 0 Å². The molecule has 0 saturated carbocycles. The van der Waals surface area contributed by atoms with Crippen molar-refractivity contribution >= 4 is 45.7 Å². The van der Waals surface area contributed by atoms with E-state index < -0.39 is 0 Å². The number of halogens is 1. The fraction of sp³-hybridized carbons (Fsp3) is 0.167. The third-order valence-electron chi connectivity index (χ3n) is 4.76. The number of hydrogen-bond donors (Lipinski definition) is 1. The minimum absolute atomic E-state index is 0.141. The van der Waals surface area contributed by atoms with Gasteiger partial charge < -0.3 is 5.32 Å². The molecule has 1 amide bonds. The Labute approximate surface area is 205 Å². The summed E-state index contributed by atoms with van der Waals surface area (Å²) in [7, 11) is 0. The fourth-order valence-corrected chi connectivity index (χ4v) is 4.88. The van der Waals surface area contributed by atoms with Crippen LogP contribution >= 0.6 is 34.7 Å². The van der Waals surface area contributed by atoms with Crippen molar-refractivity contribution in [2.75, 3.05) is 11.1 Å². The van der Waals surface area contributed by atoms with Gasteiger partial charge in [-0.25, -0.2) is 4.98 Å². The second kappa shape index (κ2) is 10.8. The van der Waals surface area contributed by atoms with E-state index in [1.54, 1.807) is 12.3 Å². The number of carbonyl (C=O) groups excluding carboxylic acids is 1. The summed E-state index contributed by atoms with van der Waals surface area (Å²) in [5.74, 6) is 0.817. The van der Waals surface area contributed by atoms with E-state index in [1.165, 1.54) is 28.7 Å². The average Bonchev–Trinajstić information content (AvgIpc) is 3.41. The number of anilines is 1. The minimum Gasteiger partial charge on any atom is -0.301 e. The molecule has 6 nitrogen and oxygen atoms in total. The molecule has 0 radical (unpaired) electrons. The lowest BCUT2D eigenvalue weighted by Crippen LogP contribution is -2.14. The molecular formula is C24H22ClN5OS2. The fourth-order valence-electron chi connectivity index (χ4n) is 3.14. The zero-order chi connectivity index (χ0) is 23.2. The van der Waals surface area contributed by atoms with Crippen LogP contribution in [0.15, 0.2) is 72.5 Å². The summed E-state index contributed by atoms with van der Waals surface area (Å²) in [5.41, 5.74) is 3.29. The second-order valence-electron chi connectivity index (χ2n) is 7.34. The molecule has 0 bridgehead atoms. The van der Waals surface area contributed by atoms with Crippen LogP contribution in [-0.2, 0) is 17.8 Å². The number of hydrogen-bond acceptors (Lipinski definition) is 6. The predicted octanol–water partition coefficient (Wildman–Crippen LogP) is 5.87. The van der Waals surface area contributed by atoms with E-state index in [2.05, 4.69) is 27.1 Å². The normalized spacial score (nSPS) is 10.8. The Morgan fingerprint density at radius 3 is 2.67 bits per heavy atom.